The highest BCUT2D eigenvalue weighted by Crippen LogP contribution is 2.33. The Morgan fingerprint density at radius 2 is 2.08 bits per heavy atom. The van der Waals surface area contributed by atoms with Crippen LogP contribution in [0.15, 0.2) is 24.3 Å². The third-order valence-corrected chi connectivity index (χ3v) is 4.70. The van der Waals surface area contributed by atoms with Crippen molar-refractivity contribution < 1.29 is 12.6 Å². The van der Waals surface area contributed by atoms with Crippen LogP contribution in [0.1, 0.15) is 24.7 Å². The highest BCUT2D eigenvalue weighted by Gasteiger charge is 2.33. The zero-order valence-electron chi connectivity index (χ0n) is 13.6. The van der Waals surface area contributed by atoms with Crippen LogP contribution >= 0.6 is 0 Å². The third-order valence-electron chi connectivity index (χ3n) is 4.15. The molecule has 0 saturated carbocycles. The average Bonchev–Trinajstić information content (AvgIpc) is 2.95. The van der Waals surface area contributed by atoms with Gasteiger partial charge in [0.15, 0.2) is 5.82 Å². The van der Waals surface area contributed by atoms with Crippen LogP contribution in [-0.2, 0) is 27.3 Å². The van der Waals surface area contributed by atoms with E-state index >= 15 is 0 Å². The van der Waals surface area contributed by atoms with E-state index in [1.165, 1.54) is 0 Å². The van der Waals surface area contributed by atoms with Crippen LogP contribution in [0.3, 0.4) is 0 Å². The van der Waals surface area contributed by atoms with Crippen molar-refractivity contribution in [2.24, 2.45) is 5.41 Å². The number of rotatable bonds is 4. The number of nitriles is 1. The van der Waals surface area contributed by atoms with Crippen molar-refractivity contribution in [1.82, 2.24) is 14.8 Å². The number of aryl methyl sites for hydroxylation is 1. The Balaban J connectivity index is 1.80. The van der Waals surface area contributed by atoms with Gasteiger partial charge >= 0.3 is 0 Å². The van der Waals surface area contributed by atoms with Gasteiger partial charge in [-0.2, -0.15) is 18.8 Å². The maximum atomic E-state index is 11.2. The van der Waals surface area contributed by atoms with Crippen LogP contribution in [0, 0.1) is 16.7 Å². The molecule has 0 fully saturated rings. The van der Waals surface area contributed by atoms with Crippen molar-refractivity contribution >= 4 is 10.1 Å². The molecule has 1 aliphatic rings. The van der Waals surface area contributed by atoms with Crippen LogP contribution in [0.25, 0.3) is 11.4 Å². The number of fused-ring (bicyclic) bond motifs is 1. The molecule has 0 amide bonds. The number of hydrogen-bond donors (Lipinski definition) is 0. The lowest BCUT2D eigenvalue weighted by Gasteiger charge is -2.32. The number of hydrogen-bond acceptors (Lipinski definition) is 6. The molecule has 0 spiro atoms. The fourth-order valence-corrected chi connectivity index (χ4v) is 3.22. The second-order valence-electron chi connectivity index (χ2n) is 6.47. The van der Waals surface area contributed by atoms with Crippen molar-refractivity contribution in [3.63, 3.8) is 0 Å². The topological polar surface area (TPSA) is 97.9 Å². The molecule has 7 nitrogen and oxygen atoms in total. The van der Waals surface area contributed by atoms with Crippen LogP contribution < -0.4 is 0 Å². The van der Waals surface area contributed by atoms with E-state index < -0.39 is 10.1 Å². The quantitative estimate of drug-likeness (QED) is 0.782. The van der Waals surface area contributed by atoms with Crippen molar-refractivity contribution in [3.8, 4) is 17.5 Å². The lowest BCUT2D eigenvalue weighted by molar-refractivity contribution is 0.129. The summed E-state index contributed by atoms with van der Waals surface area (Å²) in [6.45, 7) is 2.81. The van der Waals surface area contributed by atoms with Gasteiger partial charge in [-0.05, 0) is 30.7 Å². The molecular weight excluding hydrogens is 328 g/mol. The Morgan fingerprint density at radius 3 is 2.71 bits per heavy atom. The highest BCUT2D eigenvalue weighted by atomic mass is 32.2. The minimum absolute atomic E-state index is 0.144. The molecule has 1 aromatic carbocycles. The molecule has 1 aliphatic heterocycles. The standard InChI is InChI=1S/C16H18N4O3S/c1-16(11-23-24(2,21)22)7-8-20-14(9-16)18-15(19-20)13-5-3-12(10-17)4-6-13/h3-6H,7-9,11H2,1-2H3. The fraction of sp³-hybridized carbons (Fsp3) is 0.438. The van der Waals surface area contributed by atoms with E-state index in [9.17, 15) is 8.42 Å². The van der Waals surface area contributed by atoms with E-state index in [0.29, 0.717) is 24.4 Å². The van der Waals surface area contributed by atoms with Gasteiger partial charge in [-0.3, -0.25) is 4.18 Å². The summed E-state index contributed by atoms with van der Waals surface area (Å²) in [7, 11) is -3.45. The van der Waals surface area contributed by atoms with E-state index in [2.05, 4.69) is 16.2 Å². The van der Waals surface area contributed by atoms with E-state index in [4.69, 9.17) is 9.44 Å². The summed E-state index contributed by atoms with van der Waals surface area (Å²) < 4.78 is 29.3. The summed E-state index contributed by atoms with van der Waals surface area (Å²) in [6.07, 6.45) is 2.43. The van der Waals surface area contributed by atoms with Crippen LogP contribution in [-0.4, -0.2) is 36.0 Å². The summed E-state index contributed by atoms with van der Waals surface area (Å²) in [4.78, 5) is 4.58. The van der Waals surface area contributed by atoms with Crippen molar-refractivity contribution in [2.45, 2.75) is 26.3 Å². The first-order valence-electron chi connectivity index (χ1n) is 7.57. The van der Waals surface area contributed by atoms with Crippen molar-refractivity contribution in [1.29, 1.82) is 5.26 Å². The summed E-state index contributed by atoms with van der Waals surface area (Å²) >= 11 is 0. The maximum Gasteiger partial charge on any atom is 0.264 e. The molecule has 0 bridgehead atoms. The maximum absolute atomic E-state index is 11.2. The Bertz CT molecular complexity index is 896. The first-order valence-corrected chi connectivity index (χ1v) is 9.38. The lowest BCUT2D eigenvalue weighted by atomic mass is 9.82. The number of nitrogens with zero attached hydrogens (tertiary/aromatic N) is 4. The number of benzene rings is 1. The van der Waals surface area contributed by atoms with Gasteiger partial charge in [0.25, 0.3) is 10.1 Å². The Morgan fingerprint density at radius 1 is 1.38 bits per heavy atom. The van der Waals surface area contributed by atoms with Gasteiger partial charge in [0, 0.05) is 23.9 Å². The van der Waals surface area contributed by atoms with Gasteiger partial charge in [0.1, 0.15) is 5.82 Å². The molecule has 0 N–H and O–H groups in total. The second kappa shape index (κ2) is 6.00. The SMILES string of the molecule is CC1(COS(C)(=O)=O)CCn2nc(-c3ccc(C#N)cc3)nc2C1. The smallest absolute Gasteiger partial charge is 0.264 e. The molecule has 126 valence electrons. The molecule has 1 aromatic heterocycles. The summed E-state index contributed by atoms with van der Waals surface area (Å²) in [5.41, 5.74) is 1.16. The second-order valence-corrected chi connectivity index (χ2v) is 8.11. The zero-order chi connectivity index (χ0) is 17.4. The van der Waals surface area contributed by atoms with Crippen LogP contribution in [0.4, 0.5) is 0 Å². The largest absolute Gasteiger partial charge is 0.270 e. The summed E-state index contributed by atoms with van der Waals surface area (Å²) in [6, 6.07) is 9.20. The molecule has 2 aromatic rings. The Hall–Kier alpha value is -2.24. The molecule has 8 heteroatoms. The van der Waals surface area contributed by atoms with Crippen molar-refractivity contribution in [2.75, 3.05) is 12.9 Å². The van der Waals surface area contributed by atoms with E-state index in [1.54, 1.807) is 12.1 Å². The van der Waals surface area contributed by atoms with Crippen molar-refractivity contribution in [3.05, 3.63) is 35.7 Å². The number of aromatic nitrogens is 3. The van der Waals surface area contributed by atoms with Gasteiger partial charge in [-0.15, -0.1) is 0 Å². The zero-order valence-corrected chi connectivity index (χ0v) is 14.4. The van der Waals surface area contributed by atoms with Gasteiger partial charge in [-0.1, -0.05) is 6.92 Å². The van der Waals surface area contributed by atoms with Gasteiger partial charge in [0.2, 0.25) is 0 Å². The molecule has 0 radical (unpaired) electrons. The predicted molar refractivity (Wildman–Crippen MR) is 87.4 cm³/mol. The van der Waals surface area contributed by atoms with E-state index in [1.807, 2.05) is 23.7 Å². The average molecular weight is 346 g/mol. The summed E-state index contributed by atoms with van der Waals surface area (Å²) in [5.74, 6) is 1.43. The molecule has 0 saturated heterocycles. The molecule has 1 atom stereocenters. The third kappa shape index (κ3) is 3.63. The fourth-order valence-electron chi connectivity index (χ4n) is 2.72. The first-order chi connectivity index (χ1) is 11.3. The van der Waals surface area contributed by atoms with Crippen LogP contribution in [0.2, 0.25) is 0 Å². The molecule has 1 unspecified atom stereocenters. The molecule has 2 heterocycles. The van der Waals surface area contributed by atoms with Gasteiger partial charge in [-0.25, -0.2) is 9.67 Å². The molecule has 24 heavy (non-hydrogen) atoms. The minimum Gasteiger partial charge on any atom is -0.270 e. The minimum atomic E-state index is -3.45. The van der Waals surface area contributed by atoms with E-state index in [-0.39, 0.29) is 12.0 Å². The highest BCUT2D eigenvalue weighted by molar-refractivity contribution is 7.85. The lowest BCUT2D eigenvalue weighted by Crippen LogP contribution is -2.34. The van der Waals surface area contributed by atoms with Gasteiger partial charge < -0.3 is 0 Å². The van der Waals surface area contributed by atoms with E-state index in [0.717, 1.165) is 24.1 Å². The van der Waals surface area contributed by atoms with Crippen LogP contribution in [0.5, 0.6) is 0 Å². The monoisotopic (exact) mass is 346 g/mol. The summed E-state index contributed by atoms with van der Waals surface area (Å²) in [5, 5.41) is 13.4. The Kier molecular flexibility index (Phi) is 4.15. The molecular formula is C16H18N4O3S. The van der Waals surface area contributed by atoms with Gasteiger partial charge in [0.05, 0.1) is 24.5 Å². The molecule has 0 aliphatic carbocycles. The Labute approximate surface area is 141 Å². The normalized spacial score (nSPS) is 20.4. The predicted octanol–water partition coefficient (Wildman–Crippen LogP) is 1.75. The first kappa shape index (κ1) is 16.6. The molecule has 3 rings (SSSR count).